The average molecular weight is 533 g/mol. The van der Waals surface area contributed by atoms with Crippen LogP contribution in [0.5, 0.6) is 5.75 Å². The van der Waals surface area contributed by atoms with Gasteiger partial charge >= 0.3 is 0 Å². The van der Waals surface area contributed by atoms with Crippen molar-refractivity contribution in [3.05, 3.63) is 47.6 Å². The molecular formula is C25H36N6O5S. The summed E-state index contributed by atoms with van der Waals surface area (Å²) in [6.45, 7) is 11.2. The first-order valence-electron chi connectivity index (χ1n) is 12.5. The van der Waals surface area contributed by atoms with Crippen molar-refractivity contribution in [2.24, 2.45) is 0 Å². The lowest BCUT2D eigenvalue weighted by atomic mass is 10.1. The molecule has 1 aromatic carbocycles. The number of rotatable bonds is 13. The number of benzene rings is 1. The van der Waals surface area contributed by atoms with Gasteiger partial charge in [0.1, 0.15) is 11.6 Å². The quantitative estimate of drug-likeness (QED) is 0.264. The monoisotopic (exact) mass is 532 g/mol. The number of likely N-dealkylation sites (tertiary alicyclic amines) is 1. The van der Waals surface area contributed by atoms with Crippen molar-refractivity contribution in [3.63, 3.8) is 0 Å². The highest BCUT2D eigenvalue weighted by atomic mass is 32.2. The Morgan fingerprint density at radius 3 is 2.70 bits per heavy atom. The number of sulfonamides is 1. The van der Waals surface area contributed by atoms with Gasteiger partial charge in [0.05, 0.1) is 17.2 Å². The van der Waals surface area contributed by atoms with Crippen LogP contribution in [0.15, 0.2) is 29.7 Å². The van der Waals surface area contributed by atoms with Crippen molar-refractivity contribution >= 4 is 27.5 Å². The second-order valence-electron chi connectivity index (χ2n) is 8.84. The summed E-state index contributed by atoms with van der Waals surface area (Å²) >= 11 is 0. The molecule has 202 valence electrons. The van der Waals surface area contributed by atoms with Crippen LogP contribution < -0.4 is 20.6 Å². The molecule has 4 N–H and O–H groups in total. The molecule has 11 nitrogen and oxygen atoms in total. The van der Waals surface area contributed by atoms with Crippen LogP contribution in [0.4, 0.5) is 0 Å². The zero-order valence-electron chi connectivity index (χ0n) is 21.7. The topological polar surface area (TPSA) is 149 Å². The van der Waals surface area contributed by atoms with E-state index in [-0.39, 0.29) is 28.7 Å². The minimum absolute atomic E-state index is 0.00359. The van der Waals surface area contributed by atoms with Crippen molar-refractivity contribution in [2.75, 3.05) is 32.1 Å². The van der Waals surface area contributed by atoms with Gasteiger partial charge in [-0.1, -0.05) is 13.5 Å². The molecular weight excluding hydrogens is 496 g/mol. The molecule has 0 aliphatic carbocycles. The first kappa shape index (κ1) is 28.2. The summed E-state index contributed by atoms with van der Waals surface area (Å²) in [6, 6.07) is 4.38. The van der Waals surface area contributed by atoms with Crippen LogP contribution in [-0.4, -0.2) is 61.0 Å². The van der Waals surface area contributed by atoms with Crippen molar-refractivity contribution in [2.45, 2.75) is 57.8 Å². The summed E-state index contributed by atoms with van der Waals surface area (Å²) in [5.74, 6) is 6.67. The molecule has 1 aliphatic heterocycles. The van der Waals surface area contributed by atoms with Crippen molar-refractivity contribution < 1.29 is 22.7 Å². The lowest BCUT2D eigenvalue weighted by Gasteiger charge is -2.17. The lowest BCUT2D eigenvalue weighted by Crippen LogP contribution is -2.31. The molecule has 1 saturated heterocycles. The van der Waals surface area contributed by atoms with Gasteiger partial charge in [0.25, 0.3) is 5.91 Å². The minimum atomic E-state index is -3.85. The molecule has 0 unspecified atom stereocenters. The zero-order valence-corrected chi connectivity index (χ0v) is 22.5. The van der Waals surface area contributed by atoms with E-state index in [1.54, 1.807) is 18.7 Å². The Morgan fingerprint density at radius 1 is 1.30 bits per heavy atom. The normalized spacial score (nSPS) is 13.7. The molecule has 2 amide bonds. The van der Waals surface area contributed by atoms with Crippen LogP contribution in [-0.2, 0) is 21.2 Å². The number of amides is 2. The van der Waals surface area contributed by atoms with Gasteiger partial charge in [-0.25, -0.2) is 22.8 Å². The molecule has 2 aromatic rings. The number of nitrogens with zero attached hydrogens (tertiary/aromatic N) is 3. The van der Waals surface area contributed by atoms with Gasteiger partial charge < -0.3 is 20.8 Å². The van der Waals surface area contributed by atoms with Gasteiger partial charge in [-0.2, -0.15) is 0 Å². The third kappa shape index (κ3) is 6.69. The molecule has 1 fully saturated rings. The number of ether oxygens (including phenoxy) is 1. The summed E-state index contributed by atoms with van der Waals surface area (Å²) < 4.78 is 35.4. The maximum Gasteiger partial charge on any atom is 0.276 e. The van der Waals surface area contributed by atoms with E-state index >= 15 is 0 Å². The third-order valence-corrected chi connectivity index (χ3v) is 7.52. The van der Waals surface area contributed by atoms with E-state index < -0.39 is 15.9 Å². The van der Waals surface area contributed by atoms with Gasteiger partial charge in [0, 0.05) is 43.7 Å². The standard InChI is InChI=1S/C25H36N6O5S/c1-5-9-22-28-18(4)24(31(22)26)25(33)29-17(3)20-16-19(11-12-21(20)36-6-2)37(34,35)27-13-8-15-30-14-7-10-23(30)32/h11-12,16,27H,3,5-10,13-15,26H2,1-2,4H3,(H,29,33). The summed E-state index contributed by atoms with van der Waals surface area (Å²) in [5, 5.41) is 2.71. The summed E-state index contributed by atoms with van der Waals surface area (Å²) in [5.41, 5.74) is 1.17. The van der Waals surface area contributed by atoms with E-state index in [0.717, 1.165) is 12.8 Å². The molecule has 1 aliphatic rings. The highest BCUT2D eigenvalue weighted by Crippen LogP contribution is 2.28. The Kier molecular flexibility index (Phi) is 9.33. The number of carbonyl (C=O) groups is 2. The number of nitrogens with two attached hydrogens (primary N) is 1. The predicted molar refractivity (Wildman–Crippen MR) is 141 cm³/mol. The maximum absolute atomic E-state index is 13.0. The lowest BCUT2D eigenvalue weighted by molar-refractivity contribution is -0.127. The number of carbonyl (C=O) groups excluding carboxylic acids is 2. The minimum Gasteiger partial charge on any atom is -0.493 e. The van der Waals surface area contributed by atoms with Gasteiger partial charge in [-0.15, -0.1) is 0 Å². The number of nitrogen functional groups attached to an aromatic ring is 1. The average Bonchev–Trinajstić information content (AvgIpc) is 3.38. The fourth-order valence-corrected chi connectivity index (χ4v) is 5.33. The van der Waals surface area contributed by atoms with E-state index in [1.165, 1.54) is 22.9 Å². The highest BCUT2D eigenvalue weighted by Gasteiger charge is 2.23. The molecule has 0 saturated carbocycles. The summed E-state index contributed by atoms with van der Waals surface area (Å²) in [7, 11) is -3.85. The molecule has 12 heteroatoms. The summed E-state index contributed by atoms with van der Waals surface area (Å²) in [6.07, 6.45) is 3.34. The van der Waals surface area contributed by atoms with Gasteiger partial charge in [0.15, 0.2) is 5.69 Å². The Bertz CT molecular complexity index is 1270. The first-order valence-corrected chi connectivity index (χ1v) is 14.0. The number of hydrogen-bond acceptors (Lipinski definition) is 7. The summed E-state index contributed by atoms with van der Waals surface area (Å²) in [4.78, 5) is 30.9. The molecule has 0 spiro atoms. The number of aryl methyl sites for hydroxylation is 2. The second-order valence-corrected chi connectivity index (χ2v) is 10.6. The van der Waals surface area contributed by atoms with E-state index in [2.05, 4.69) is 21.6 Å². The van der Waals surface area contributed by atoms with Crippen LogP contribution in [0.1, 0.15) is 67.1 Å². The fraction of sp³-hybridized carbons (Fsp3) is 0.480. The van der Waals surface area contributed by atoms with Gasteiger partial charge in [0.2, 0.25) is 15.9 Å². The van der Waals surface area contributed by atoms with Crippen molar-refractivity contribution in [3.8, 4) is 5.75 Å². The fourth-order valence-electron chi connectivity index (χ4n) is 4.23. The van der Waals surface area contributed by atoms with Gasteiger partial charge in [-0.05, 0) is 51.3 Å². The van der Waals surface area contributed by atoms with Crippen LogP contribution in [0, 0.1) is 6.92 Å². The second kappa shape index (κ2) is 12.2. The Morgan fingerprint density at radius 2 is 2.05 bits per heavy atom. The van der Waals surface area contributed by atoms with Crippen LogP contribution >= 0.6 is 0 Å². The van der Waals surface area contributed by atoms with E-state index in [4.69, 9.17) is 10.6 Å². The van der Waals surface area contributed by atoms with Crippen LogP contribution in [0.2, 0.25) is 0 Å². The number of hydrogen-bond donors (Lipinski definition) is 3. The van der Waals surface area contributed by atoms with E-state index in [9.17, 15) is 18.0 Å². The molecule has 2 heterocycles. The molecule has 1 aromatic heterocycles. The maximum atomic E-state index is 13.0. The number of aromatic nitrogens is 2. The molecule has 3 rings (SSSR count). The third-order valence-electron chi connectivity index (χ3n) is 6.07. The van der Waals surface area contributed by atoms with E-state index in [1.807, 2.05) is 6.92 Å². The highest BCUT2D eigenvalue weighted by molar-refractivity contribution is 7.89. The number of nitrogens with one attached hydrogen (secondary N) is 2. The van der Waals surface area contributed by atoms with Crippen molar-refractivity contribution in [1.82, 2.24) is 24.6 Å². The Balaban J connectivity index is 1.75. The smallest absolute Gasteiger partial charge is 0.276 e. The van der Waals surface area contributed by atoms with Gasteiger partial charge in [-0.3, -0.25) is 9.59 Å². The first-order chi connectivity index (χ1) is 17.6. The zero-order chi connectivity index (χ0) is 27.2. The van der Waals surface area contributed by atoms with E-state index in [0.29, 0.717) is 61.8 Å². The largest absolute Gasteiger partial charge is 0.493 e. The van der Waals surface area contributed by atoms with Crippen LogP contribution in [0.25, 0.3) is 5.70 Å². The van der Waals surface area contributed by atoms with Crippen LogP contribution in [0.3, 0.4) is 0 Å². The molecule has 0 atom stereocenters. The number of imidazole rings is 1. The molecule has 0 radical (unpaired) electrons. The molecule has 37 heavy (non-hydrogen) atoms. The Labute approximate surface area is 218 Å². The van der Waals surface area contributed by atoms with Crippen molar-refractivity contribution in [1.29, 1.82) is 0 Å². The Hall–Kier alpha value is -3.38. The SMILES string of the molecule is C=C(NC(=O)c1c(C)nc(CCC)n1N)c1cc(S(=O)(=O)NCCCN2CCCC2=O)ccc1OCC. The predicted octanol–water partition coefficient (Wildman–Crippen LogP) is 1.95. The molecule has 0 bridgehead atoms.